The highest BCUT2D eigenvalue weighted by molar-refractivity contribution is 8.18. The molecule has 0 aliphatic carbocycles. The van der Waals surface area contributed by atoms with E-state index in [1.165, 1.54) is 24.3 Å². The van der Waals surface area contributed by atoms with Crippen LogP contribution in [-0.4, -0.2) is 32.2 Å². The van der Waals surface area contributed by atoms with E-state index in [-0.39, 0.29) is 22.8 Å². The number of hydrogen-bond acceptors (Lipinski definition) is 5. The number of aromatic carboxylic acids is 1. The zero-order valence-corrected chi connectivity index (χ0v) is 15.8. The molecule has 9 heteroatoms. The Morgan fingerprint density at radius 2 is 1.85 bits per heavy atom. The minimum Gasteiger partial charge on any atom is -0.507 e. The number of benzene rings is 2. The maximum atomic E-state index is 12.6. The summed E-state index contributed by atoms with van der Waals surface area (Å²) in [6.45, 7) is 0.0366. The van der Waals surface area contributed by atoms with E-state index in [2.05, 4.69) is 0 Å². The van der Waals surface area contributed by atoms with Gasteiger partial charge in [0.15, 0.2) is 0 Å². The third kappa shape index (κ3) is 4.10. The molecular formula is C18H11Cl2NO5S. The summed E-state index contributed by atoms with van der Waals surface area (Å²) >= 11 is 12.6. The van der Waals surface area contributed by atoms with E-state index in [0.717, 1.165) is 16.7 Å². The lowest BCUT2D eigenvalue weighted by molar-refractivity contribution is -0.123. The first-order chi connectivity index (χ1) is 12.8. The normalized spacial score (nSPS) is 15.6. The Kier molecular flexibility index (Phi) is 5.46. The lowest BCUT2D eigenvalue weighted by atomic mass is 10.1. The molecule has 0 spiro atoms. The van der Waals surface area contributed by atoms with Crippen LogP contribution in [-0.2, 0) is 11.3 Å². The second-order valence-corrected chi connectivity index (χ2v) is 7.41. The number of nitrogens with zero attached hydrogens (tertiary/aromatic N) is 1. The number of phenols is 1. The van der Waals surface area contributed by atoms with Crippen LogP contribution in [0, 0.1) is 0 Å². The highest BCUT2D eigenvalue weighted by Gasteiger charge is 2.35. The maximum absolute atomic E-state index is 12.6. The number of amides is 2. The lowest BCUT2D eigenvalue weighted by Gasteiger charge is -2.12. The number of rotatable bonds is 4. The average molecular weight is 424 g/mol. The van der Waals surface area contributed by atoms with E-state index in [4.69, 9.17) is 28.3 Å². The number of carbonyl (C=O) groups is 3. The van der Waals surface area contributed by atoms with Crippen molar-refractivity contribution in [3.63, 3.8) is 0 Å². The molecule has 0 bridgehead atoms. The van der Waals surface area contributed by atoms with E-state index in [1.54, 1.807) is 18.2 Å². The molecule has 0 atom stereocenters. The Morgan fingerprint density at radius 3 is 2.52 bits per heavy atom. The summed E-state index contributed by atoms with van der Waals surface area (Å²) in [4.78, 5) is 37.1. The quantitative estimate of drug-likeness (QED) is 0.695. The van der Waals surface area contributed by atoms with Gasteiger partial charge in [0.1, 0.15) is 11.3 Å². The van der Waals surface area contributed by atoms with Crippen molar-refractivity contribution in [3.05, 3.63) is 68.0 Å². The number of thioether (sulfide) groups is 1. The van der Waals surface area contributed by atoms with Crippen LogP contribution in [0.25, 0.3) is 6.08 Å². The summed E-state index contributed by atoms with van der Waals surface area (Å²) < 4.78 is 0. The predicted molar refractivity (Wildman–Crippen MR) is 103 cm³/mol. The first-order valence-corrected chi connectivity index (χ1v) is 9.09. The van der Waals surface area contributed by atoms with E-state index in [9.17, 15) is 19.5 Å². The summed E-state index contributed by atoms with van der Waals surface area (Å²) in [6.07, 6.45) is 1.41. The summed E-state index contributed by atoms with van der Waals surface area (Å²) in [5, 5.41) is 18.9. The van der Waals surface area contributed by atoms with Gasteiger partial charge in [0.2, 0.25) is 0 Å². The largest absolute Gasteiger partial charge is 0.507 e. The van der Waals surface area contributed by atoms with Gasteiger partial charge in [0.25, 0.3) is 11.1 Å². The summed E-state index contributed by atoms with van der Waals surface area (Å²) in [5.41, 5.74) is 0.731. The number of aromatic hydroxyl groups is 1. The lowest BCUT2D eigenvalue weighted by Crippen LogP contribution is -2.27. The Bertz CT molecular complexity index is 1010. The average Bonchev–Trinajstić information content (AvgIpc) is 2.87. The number of halogens is 2. The van der Waals surface area contributed by atoms with Gasteiger partial charge in [-0.3, -0.25) is 14.5 Å². The molecule has 3 rings (SSSR count). The van der Waals surface area contributed by atoms with Crippen LogP contribution < -0.4 is 0 Å². The molecule has 138 valence electrons. The Balaban J connectivity index is 1.85. The van der Waals surface area contributed by atoms with E-state index >= 15 is 0 Å². The summed E-state index contributed by atoms with van der Waals surface area (Å²) in [7, 11) is 0. The molecule has 0 unspecified atom stereocenters. The van der Waals surface area contributed by atoms with Gasteiger partial charge in [-0.1, -0.05) is 35.3 Å². The van der Waals surface area contributed by atoms with E-state index < -0.39 is 17.1 Å². The first-order valence-electron chi connectivity index (χ1n) is 7.52. The highest BCUT2D eigenvalue weighted by Crippen LogP contribution is 2.34. The van der Waals surface area contributed by atoms with Gasteiger partial charge in [-0.05, 0) is 53.2 Å². The monoisotopic (exact) mass is 423 g/mol. The van der Waals surface area contributed by atoms with Crippen molar-refractivity contribution in [2.45, 2.75) is 6.54 Å². The van der Waals surface area contributed by atoms with Crippen molar-refractivity contribution in [2.24, 2.45) is 0 Å². The number of imide groups is 1. The SMILES string of the molecule is O=C(O)c1cc(/C=C2\SC(=O)N(Cc3ccc(Cl)c(Cl)c3)C2=O)ccc1O. The van der Waals surface area contributed by atoms with Crippen molar-refractivity contribution in [3.8, 4) is 5.75 Å². The molecule has 1 aliphatic heterocycles. The minimum absolute atomic E-state index is 0.0366. The molecule has 0 radical (unpaired) electrons. The number of carboxylic acids is 1. The van der Waals surface area contributed by atoms with Crippen LogP contribution in [0.5, 0.6) is 5.75 Å². The second-order valence-electron chi connectivity index (χ2n) is 5.60. The first kappa shape index (κ1) is 19.3. The minimum atomic E-state index is -1.30. The Morgan fingerprint density at radius 1 is 1.11 bits per heavy atom. The molecule has 2 N–H and O–H groups in total. The van der Waals surface area contributed by atoms with E-state index in [1.807, 2.05) is 0 Å². The highest BCUT2D eigenvalue weighted by atomic mass is 35.5. The van der Waals surface area contributed by atoms with Gasteiger partial charge >= 0.3 is 5.97 Å². The van der Waals surface area contributed by atoms with Crippen molar-refractivity contribution in [1.29, 1.82) is 0 Å². The third-order valence-corrected chi connectivity index (χ3v) is 5.39. The van der Waals surface area contributed by atoms with Crippen molar-refractivity contribution in [2.75, 3.05) is 0 Å². The molecule has 1 aliphatic rings. The van der Waals surface area contributed by atoms with Crippen LogP contribution in [0.1, 0.15) is 21.5 Å². The molecule has 1 fully saturated rings. The van der Waals surface area contributed by atoms with Gasteiger partial charge < -0.3 is 10.2 Å². The molecule has 2 aromatic rings. The van der Waals surface area contributed by atoms with Gasteiger partial charge in [0.05, 0.1) is 21.5 Å². The van der Waals surface area contributed by atoms with Crippen LogP contribution in [0.4, 0.5) is 4.79 Å². The Hall–Kier alpha value is -2.48. The van der Waals surface area contributed by atoms with Crippen LogP contribution >= 0.6 is 35.0 Å². The summed E-state index contributed by atoms with van der Waals surface area (Å²) in [6, 6.07) is 8.72. The van der Waals surface area contributed by atoms with Crippen LogP contribution in [0.15, 0.2) is 41.3 Å². The fourth-order valence-electron chi connectivity index (χ4n) is 2.42. The fraction of sp³-hybridized carbons (Fsp3) is 0.0556. The van der Waals surface area contributed by atoms with Gasteiger partial charge in [-0.15, -0.1) is 0 Å². The van der Waals surface area contributed by atoms with E-state index in [0.29, 0.717) is 21.2 Å². The van der Waals surface area contributed by atoms with Crippen LogP contribution in [0.2, 0.25) is 10.0 Å². The number of hydrogen-bond donors (Lipinski definition) is 2. The van der Waals surface area contributed by atoms with Crippen molar-refractivity contribution < 1.29 is 24.6 Å². The molecule has 2 amide bonds. The number of carboxylic acid groups (broad SMARTS) is 1. The molecule has 2 aromatic carbocycles. The maximum Gasteiger partial charge on any atom is 0.339 e. The fourth-order valence-corrected chi connectivity index (χ4v) is 3.58. The van der Waals surface area contributed by atoms with Crippen LogP contribution in [0.3, 0.4) is 0 Å². The topological polar surface area (TPSA) is 94.9 Å². The molecular weight excluding hydrogens is 413 g/mol. The number of carbonyl (C=O) groups excluding carboxylic acids is 2. The Labute approximate surface area is 168 Å². The third-order valence-electron chi connectivity index (χ3n) is 3.75. The van der Waals surface area contributed by atoms with Crippen molar-refractivity contribution >= 4 is 58.2 Å². The molecule has 0 aromatic heterocycles. The second kappa shape index (κ2) is 7.64. The van der Waals surface area contributed by atoms with Crippen molar-refractivity contribution in [1.82, 2.24) is 4.90 Å². The molecule has 27 heavy (non-hydrogen) atoms. The zero-order valence-electron chi connectivity index (χ0n) is 13.5. The van der Waals surface area contributed by atoms with Gasteiger partial charge in [0, 0.05) is 0 Å². The summed E-state index contributed by atoms with van der Waals surface area (Å²) in [5.74, 6) is -2.18. The van der Waals surface area contributed by atoms with Gasteiger partial charge in [-0.2, -0.15) is 0 Å². The van der Waals surface area contributed by atoms with Gasteiger partial charge in [-0.25, -0.2) is 4.79 Å². The molecule has 6 nitrogen and oxygen atoms in total. The smallest absolute Gasteiger partial charge is 0.339 e. The zero-order chi connectivity index (χ0) is 19.7. The standard InChI is InChI=1S/C18H11Cl2NO5S/c19-12-3-1-10(6-13(12)20)8-21-16(23)15(27-18(21)26)7-9-2-4-14(22)11(5-9)17(24)25/h1-7,22H,8H2,(H,24,25)/b15-7-. The molecule has 0 saturated carbocycles. The predicted octanol–water partition coefficient (Wildman–Crippen LogP) is 4.63. The molecule has 1 saturated heterocycles. The molecule has 1 heterocycles.